The zero-order valence-corrected chi connectivity index (χ0v) is 12.6. The molecule has 0 aliphatic carbocycles. The average molecular weight is 303 g/mol. The first kappa shape index (κ1) is 14.2. The predicted molar refractivity (Wildman–Crippen MR) is 87.6 cm³/mol. The minimum absolute atomic E-state index is 0.776. The Morgan fingerprint density at radius 2 is 1.90 bits per heavy atom. The van der Waals surface area contributed by atoms with E-state index in [0.29, 0.717) is 0 Å². The van der Waals surface area contributed by atoms with Gasteiger partial charge in [-0.25, -0.2) is 0 Å². The van der Waals surface area contributed by atoms with Crippen LogP contribution in [0.5, 0.6) is 0 Å². The van der Waals surface area contributed by atoms with Crippen LogP contribution in [0.3, 0.4) is 0 Å². The molecule has 0 bridgehead atoms. The van der Waals surface area contributed by atoms with E-state index in [4.69, 9.17) is 17.3 Å². The van der Waals surface area contributed by atoms with Crippen molar-refractivity contribution < 1.29 is 0 Å². The molecule has 3 rings (SSSR count). The Bertz CT molecular complexity index is 609. The van der Waals surface area contributed by atoms with Gasteiger partial charge in [0.25, 0.3) is 0 Å². The second kappa shape index (κ2) is 6.33. The average Bonchev–Trinajstić information content (AvgIpc) is 2.48. The summed E-state index contributed by atoms with van der Waals surface area (Å²) in [4.78, 5) is 9.15. The maximum absolute atomic E-state index is 6.06. The fourth-order valence-corrected chi connectivity index (χ4v) is 2.83. The lowest BCUT2D eigenvalue weighted by Gasteiger charge is -2.36. The van der Waals surface area contributed by atoms with Crippen molar-refractivity contribution in [3.05, 3.63) is 53.3 Å². The number of rotatable bonds is 3. The summed E-state index contributed by atoms with van der Waals surface area (Å²) in [5.41, 5.74) is 8.80. The summed E-state index contributed by atoms with van der Waals surface area (Å²) in [5.74, 6) is 0. The van der Waals surface area contributed by atoms with Gasteiger partial charge in [-0.3, -0.25) is 9.88 Å². The largest absolute Gasteiger partial charge is 0.399 e. The van der Waals surface area contributed by atoms with Crippen LogP contribution in [0.4, 0.5) is 11.4 Å². The van der Waals surface area contributed by atoms with E-state index in [1.54, 1.807) is 6.20 Å². The molecule has 0 saturated carbocycles. The molecule has 4 nitrogen and oxygen atoms in total. The number of pyridine rings is 1. The van der Waals surface area contributed by atoms with Crippen LogP contribution in [-0.4, -0.2) is 36.1 Å². The number of halogens is 1. The summed E-state index contributed by atoms with van der Waals surface area (Å²) < 4.78 is 0. The Morgan fingerprint density at radius 3 is 2.62 bits per heavy atom. The molecule has 2 heterocycles. The van der Waals surface area contributed by atoms with Gasteiger partial charge in [-0.2, -0.15) is 0 Å². The lowest BCUT2D eigenvalue weighted by molar-refractivity contribution is 0.247. The molecule has 0 spiro atoms. The summed E-state index contributed by atoms with van der Waals surface area (Å²) in [6, 6.07) is 11.8. The smallest absolute Gasteiger partial charge is 0.0564 e. The van der Waals surface area contributed by atoms with E-state index in [1.807, 2.05) is 30.3 Å². The molecule has 0 unspecified atom stereocenters. The van der Waals surface area contributed by atoms with E-state index in [0.717, 1.165) is 49.1 Å². The molecule has 1 aromatic carbocycles. The fourth-order valence-electron chi connectivity index (χ4n) is 2.65. The molecule has 0 amide bonds. The number of aromatic nitrogens is 1. The van der Waals surface area contributed by atoms with E-state index in [1.165, 1.54) is 5.69 Å². The van der Waals surface area contributed by atoms with Gasteiger partial charge in [-0.15, -0.1) is 0 Å². The first-order chi connectivity index (χ1) is 10.2. The normalized spacial score (nSPS) is 16.1. The van der Waals surface area contributed by atoms with Crippen LogP contribution >= 0.6 is 11.6 Å². The molecule has 2 aromatic rings. The van der Waals surface area contributed by atoms with Gasteiger partial charge < -0.3 is 10.6 Å². The van der Waals surface area contributed by atoms with Crippen molar-refractivity contribution in [1.82, 2.24) is 9.88 Å². The van der Waals surface area contributed by atoms with Crippen LogP contribution in [0, 0.1) is 0 Å². The van der Waals surface area contributed by atoms with Crippen LogP contribution in [-0.2, 0) is 6.54 Å². The minimum Gasteiger partial charge on any atom is -0.399 e. The highest BCUT2D eigenvalue weighted by atomic mass is 35.5. The van der Waals surface area contributed by atoms with Crippen molar-refractivity contribution in [2.24, 2.45) is 0 Å². The molecule has 1 aliphatic heterocycles. The molecule has 1 saturated heterocycles. The molecular formula is C16H19ClN4. The SMILES string of the molecule is Nc1ccnc(CN2CCN(c3cccc(Cl)c3)CC2)c1. The third kappa shape index (κ3) is 3.65. The van der Waals surface area contributed by atoms with E-state index in [9.17, 15) is 0 Å². The number of hydrogen-bond acceptors (Lipinski definition) is 4. The quantitative estimate of drug-likeness (QED) is 0.947. The van der Waals surface area contributed by atoms with E-state index in [-0.39, 0.29) is 0 Å². The predicted octanol–water partition coefficient (Wildman–Crippen LogP) is 2.64. The highest BCUT2D eigenvalue weighted by Gasteiger charge is 2.17. The van der Waals surface area contributed by atoms with Crippen molar-refractivity contribution in [3.8, 4) is 0 Å². The number of anilines is 2. The Hall–Kier alpha value is -1.78. The van der Waals surface area contributed by atoms with Crippen LogP contribution in [0.2, 0.25) is 5.02 Å². The van der Waals surface area contributed by atoms with Crippen molar-refractivity contribution in [3.63, 3.8) is 0 Å². The molecule has 1 aliphatic rings. The summed E-state index contributed by atoms with van der Waals surface area (Å²) in [7, 11) is 0. The van der Waals surface area contributed by atoms with E-state index >= 15 is 0 Å². The minimum atomic E-state index is 0.776. The molecule has 2 N–H and O–H groups in total. The lowest BCUT2D eigenvalue weighted by Crippen LogP contribution is -2.46. The van der Waals surface area contributed by atoms with Crippen molar-refractivity contribution in [2.75, 3.05) is 36.8 Å². The van der Waals surface area contributed by atoms with Crippen molar-refractivity contribution in [1.29, 1.82) is 0 Å². The summed E-state index contributed by atoms with van der Waals surface area (Å²) >= 11 is 6.06. The second-order valence-corrected chi connectivity index (χ2v) is 5.76. The zero-order valence-electron chi connectivity index (χ0n) is 11.9. The first-order valence-electron chi connectivity index (χ1n) is 7.14. The maximum atomic E-state index is 6.06. The zero-order chi connectivity index (χ0) is 14.7. The fraction of sp³-hybridized carbons (Fsp3) is 0.312. The number of piperazine rings is 1. The number of nitrogen functional groups attached to an aromatic ring is 1. The summed E-state index contributed by atoms with van der Waals surface area (Å²) in [5, 5.41) is 0.791. The van der Waals surface area contributed by atoms with E-state index < -0.39 is 0 Å². The molecular weight excluding hydrogens is 284 g/mol. The van der Waals surface area contributed by atoms with E-state index in [2.05, 4.69) is 20.9 Å². The molecule has 0 atom stereocenters. The van der Waals surface area contributed by atoms with Gasteiger partial charge in [0.1, 0.15) is 0 Å². The second-order valence-electron chi connectivity index (χ2n) is 5.32. The molecule has 1 fully saturated rings. The Balaban J connectivity index is 1.58. The van der Waals surface area contributed by atoms with Crippen LogP contribution < -0.4 is 10.6 Å². The summed E-state index contributed by atoms with van der Waals surface area (Å²) in [6.07, 6.45) is 1.77. The Kier molecular flexibility index (Phi) is 4.27. The van der Waals surface area contributed by atoms with Gasteiger partial charge in [0, 0.05) is 55.3 Å². The molecule has 5 heteroatoms. The monoisotopic (exact) mass is 302 g/mol. The van der Waals surface area contributed by atoms with Gasteiger partial charge in [-0.1, -0.05) is 17.7 Å². The molecule has 21 heavy (non-hydrogen) atoms. The standard InChI is InChI=1S/C16H19ClN4/c17-13-2-1-3-16(10-13)21-8-6-20(7-9-21)12-15-11-14(18)4-5-19-15/h1-5,10-11H,6-9,12H2,(H2,18,19). The Labute approximate surface area is 130 Å². The highest BCUT2D eigenvalue weighted by Crippen LogP contribution is 2.21. The van der Waals surface area contributed by atoms with Crippen LogP contribution in [0.15, 0.2) is 42.6 Å². The van der Waals surface area contributed by atoms with Gasteiger partial charge in [-0.05, 0) is 30.3 Å². The number of nitrogens with two attached hydrogens (primary N) is 1. The van der Waals surface area contributed by atoms with Crippen molar-refractivity contribution >= 4 is 23.0 Å². The van der Waals surface area contributed by atoms with Gasteiger partial charge in [0.15, 0.2) is 0 Å². The molecule has 1 aromatic heterocycles. The topological polar surface area (TPSA) is 45.4 Å². The molecule has 110 valence electrons. The van der Waals surface area contributed by atoms with Gasteiger partial charge in [0.05, 0.1) is 5.69 Å². The highest BCUT2D eigenvalue weighted by molar-refractivity contribution is 6.30. The summed E-state index contributed by atoms with van der Waals surface area (Å²) in [6.45, 7) is 4.89. The third-order valence-corrected chi connectivity index (χ3v) is 4.01. The third-order valence-electron chi connectivity index (χ3n) is 3.77. The van der Waals surface area contributed by atoms with Gasteiger partial charge >= 0.3 is 0 Å². The van der Waals surface area contributed by atoms with Crippen molar-refractivity contribution in [2.45, 2.75) is 6.54 Å². The van der Waals surface area contributed by atoms with Gasteiger partial charge in [0.2, 0.25) is 0 Å². The van der Waals surface area contributed by atoms with Crippen LogP contribution in [0.1, 0.15) is 5.69 Å². The lowest BCUT2D eigenvalue weighted by atomic mass is 10.2. The number of benzene rings is 1. The maximum Gasteiger partial charge on any atom is 0.0564 e. The molecule has 0 radical (unpaired) electrons. The first-order valence-corrected chi connectivity index (χ1v) is 7.52. The van der Waals surface area contributed by atoms with Crippen LogP contribution in [0.25, 0.3) is 0 Å². The Morgan fingerprint density at radius 1 is 1.10 bits per heavy atom. The number of nitrogens with zero attached hydrogens (tertiary/aromatic N) is 3. The number of hydrogen-bond donors (Lipinski definition) is 1.